The van der Waals surface area contributed by atoms with E-state index in [1.165, 1.54) is 0 Å². The lowest BCUT2D eigenvalue weighted by Crippen LogP contribution is -2.45. The predicted octanol–water partition coefficient (Wildman–Crippen LogP) is 3.41. The highest BCUT2D eigenvalue weighted by Gasteiger charge is 2.26. The van der Waals surface area contributed by atoms with Crippen molar-refractivity contribution in [2.75, 3.05) is 13.1 Å². The third-order valence-electron chi connectivity index (χ3n) is 4.71. The van der Waals surface area contributed by atoms with Crippen LogP contribution in [-0.4, -0.2) is 40.1 Å². The zero-order chi connectivity index (χ0) is 18.3. The molecule has 26 heavy (non-hydrogen) atoms. The Kier molecular flexibility index (Phi) is 4.38. The minimum atomic E-state index is -0.0675. The topological polar surface area (TPSA) is 85.2 Å². The van der Waals surface area contributed by atoms with Crippen LogP contribution in [0.3, 0.4) is 0 Å². The first-order chi connectivity index (χ1) is 12.5. The van der Waals surface area contributed by atoms with Gasteiger partial charge in [-0.1, -0.05) is 28.9 Å². The van der Waals surface area contributed by atoms with Gasteiger partial charge in [0.05, 0.1) is 22.3 Å². The van der Waals surface area contributed by atoms with Crippen LogP contribution in [-0.2, 0) is 0 Å². The third-order valence-corrected chi connectivity index (χ3v) is 4.95. The molecule has 7 heteroatoms. The first-order valence-electron chi connectivity index (χ1n) is 8.61. The summed E-state index contributed by atoms with van der Waals surface area (Å²) >= 11 is 6.10. The number of benzene rings is 1. The minimum Gasteiger partial charge on any atom is -0.337 e. The molecule has 134 valence electrons. The van der Waals surface area contributed by atoms with Crippen molar-refractivity contribution >= 4 is 28.6 Å². The van der Waals surface area contributed by atoms with Crippen LogP contribution >= 0.6 is 11.6 Å². The van der Waals surface area contributed by atoms with E-state index in [4.69, 9.17) is 21.9 Å². The molecule has 2 N–H and O–H groups in total. The molecule has 1 aliphatic rings. The Bertz CT molecular complexity index is 985. The summed E-state index contributed by atoms with van der Waals surface area (Å²) < 4.78 is 5.35. The first kappa shape index (κ1) is 17.0. The number of hydrogen-bond donors (Lipinski definition) is 1. The Morgan fingerprint density at radius 3 is 3.00 bits per heavy atom. The Hall–Kier alpha value is -2.44. The van der Waals surface area contributed by atoms with Crippen molar-refractivity contribution in [1.29, 1.82) is 0 Å². The summed E-state index contributed by atoms with van der Waals surface area (Å²) in [5, 5.41) is 5.25. The summed E-state index contributed by atoms with van der Waals surface area (Å²) in [4.78, 5) is 19.5. The molecule has 0 saturated carbocycles. The number of carbonyl (C=O) groups excluding carboxylic acids is 1. The van der Waals surface area contributed by atoms with Gasteiger partial charge < -0.3 is 15.2 Å². The number of piperidine rings is 1. The molecule has 1 aromatic carbocycles. The summed E-state index contributed by atoms with van der Waals surface area (Å²) in [6, 6.07) is 9.16. The molecule has 3 heterocycles. The number of nitrogens with zero attached hydrogens (tertiary/aromatic N) is 3. The number of halogens is 1. The second-order valence-corrected chi connectivity index (χ2v) is 7.10. The number of pyridine rings is 1. The lowest BCUT2D eigenvalue weighted by atomic mass is 10.0. The number of rotatable bonds is 2. The van der Waals surface area contributed by atoms with Crippen LogP contribution in [0, 0.1) is 6.92 Å². The van der Waals surface area contributed by atoms with Gasteiger partial charge in [-0.2, -0.15) is 0 Å². The molecular formula is C19H19ClN4O2. The Balaban J connectivity index is 1.84. The average molecular weight is 371 g/mol. The smallest absolute Gasteiger partial charge is 0.259 e. The van der Waals surface area contributed by atoms with Crippen molar-refractivity contribution in [3.8, 4) is 11.3 Å². The van der Waals surface area contributed by atoms with Crippen molar-refractivity contribution in [1.82, 2.24) is 15.0 Å². The molecular weight excluding hydrogens is 352 g/mol. The van der Waals surface area contributed by atoms with Crippen molar-refractivity contribution in [2.45, 2.75) is 25.8 Å². The molecule has 1 amide bonds. The van der Waals surface area contributed by atoms with Gasteiger partial charge in [0.25, 0.3) is 11.6 Å². The number of aryl methyl sites for hydroxylation is 1. The van der Waals surface area contributed by atoms with E-state index < -0.39 is 0 Å². The van der Waals surface area contributed by atoms with Gasteiger partial charge in [0.1, 0.15) is 0 Å². The summed E-state index contributed by atoms with van der Waals surface area (Å²) in [6.07, 6.45) is 1.85. The monoisotopic (exact) mass is 370 g/mol. The maximum absolute atomic E-state index is 13.2. The molecule has 0 bridgehead atoms. The largest absolute Gasteiger partial charge is 0.337 e. The fourth-order valence-corrected chi connectivity index (χ4v) is 3.61. The van der Waals surface area contributed by atoms with Crippen molar-refractivity contribution in [3.05, 3.63) is 46.6 Å². The molecule has 3 aromatic rings. The van der Waals surface area contributed by atoms with Gasteiger partial charge in [-0.25, -0.2) is 4.98 Å². The fourth-order valence-electron chi connectivity index (χ4n) is 3.42. The van der Waals surface area contributed by atoms with Gasteiger partial charge in [-0.05, 0) is 38.0 Å². The molecule has 4 rings (SSSR count). The molecule has 1 aliphatic heterocycles. The van der Waals surface area contributed by atoms with E-state index in [2.05, 4.69) is 10.1 Å². The minimum absolute atomic E-state index is 0.0148. The highest BCUT2D eigenvalue weighted by Crippen LogP contribution is 2.29. The van der Waals surface area contributed by atoms with Gasteiger partial charge in [0.2, 0.25) is 0 Å². The van der Waals surface area contributed by atoms with Gasteiger partial charge in [-0.15, -0.1) is 0 Å². The van der Waals surface area contributed by atoms with E-state index in [0.29, 0.717) is 46.2 Å². The summed E-state index contributed by atoms with van der Waals surface area (Å²) in [7, 11) is 0. The number of hydrogen-bond acceptors (Lipinski definition) is 5. The zero-order valence-electron chi connectivity index (χ0n) is 14.4. The molecule has 0 spiro atoms. The van der Waals surface area contributed by atoms with Crippen LogP contribution in [0.5, 0.6) is 0 Å². The summed E-state index contributed by atoms with van der Waals surface area (Å²) in [5.41, 5.74) is 9.03. The first-order valence-corrected chi connectivity index (χ1v) is 8.98. The van der Waals surface area contributed by atoms with Gasteiger partial charge in [0, 0.05) is 29.7 Å². The molecule has 6 nitrogen and oxygen atoms in total. The highest BCUT2D eigenvalue weighted by molar-refractivity contribution is 6.30. The van der Waals surface area contributed by atoms with E-state index in [1.54, 1.807) is 17.0 Å². The van der Waals surface area contributed by atoms with Gasteiger partial charge in [0.15, 0.2) is 0 Å². The van der Waals surface area contributed by atoms with Crippen molar-refractivity contribution < 1.29 is 9.32 Å². The quantitative estimate of drug-likeness (QED) is 0.747. The van der Waals surface area contributed by atoms with Crippen LogP contribution < -0.4 is 5.73 Å². The standard InChI is InChI=1S/C19H19ClN4O2/c1-11-17-15(19(25)24-7-3-6-14(21)10-24)9-16(22-18(17)26-23-11)12-4-2-5-13(20)8-12/h2,4-5,8-9,14H,3,6-7,10,21H2,1H3. The second-order valence-electron chi connectivity index (χ2n) is 6.67. The van der Waals surface area contributed by atoms with Crippen LogP contribution in [0.4, 0.5) is 0 Å². The molecule has 1 saturated heterocycles. The highest BCUT2D eigenvalue weighted by atomic mass is 35.5. The SMILES string of the molecule is Cc1noc2nc(-c3cccc(Cl)c3)cc(C(=O)N3CCCC(N)C3)c12. The second kappa shape index (κ2) is 6.70. The van der Waals surface area contributed by atoms with Gasteiger partial charge in [-0.3, -0.25) is 4.79 Å². The van der Waals surface area contributed by atoms with E-state index >= 15 is 0 Å². The molecule has 2 aromatic heterocycles. The maximum atomic E-state index is 13.2. The normalized spacial score (nSPS) is 17.7. The summed E-state index contributed by atoms with van der Waals surface area (Å²) in [6.45, 7) is 3.07. The number of nitrogens with two attached hydrogens (primary N) is 1. The van der Waals surface area contributed by atoms with E-state index in [1.807, 2.05) is 25.1 Å². The molecule has 1 atom stereocenters. The van der Waals surface area contributed by atoms with Crippen LogP contribution in [0.1, 0.15) is 28.9 Å². The van der Waals surface area contributed by atoms with E-state index in [9.17, 15) is 4.79 Å². The van der Waals surface area contributed by atoms with Crippen molar-refractivity contribution in [3.63, 3.8) is 0 Å². The van der Waals surface area contributed by atoms with E-state index in [0.717, 1.165) is 18.4 Å². The van der Waals surface area contributed by atoms with Crippen LogP contribution in [0.2, 0.25) is 5.02 Å². The van der Waals surface area contributed by atoms with E-state index in [-0.39, 0.29) is 11.9 Å². The van der Waals surface area contributed by atoms with Crippen molar-refractivity contribution in [2.24, 2.45) is 5.73 Å². The fraction of sp³-hybridized carbons (Fsp3) is 0.316. The number of aromatic nitrogens is 2. The average Bonchev–Trinajstić information content (AvgIpc) is 3.01. The van der Waals surface area contributed by atoms with Crippen LogP contribution in [0.15, 0.2) is 34.9 Å². The number of fused-ring (bicyclic) bond motifs is 1. The van der Waals surface area contributed by atoms with Crippen LogP contribution in [0.25, 0.3) is 22.4 Å². The molecule has 1 fully saturated rings. The lowest BCUT2D eigenvalue weighted by molar-refractivity contribution is 0.0710. The zero-order valence-corrected chi connectivity index (χ0v) is 15.2. The molecule has 0 radical (unpaired) electrons. The molecule has 1 unspecified atom stereocenters. The Labute approximate surface area is 155 Å². The van der Waals surface area contributed by atoms with Gasteiger partial charge >= 0.3 is 0 Å². The lowest BCUT2D eigenvalue weighted by Gasteiger charge is -2.31. The Morgan fingerprint density at radius 1 is 1.38 bits per heavy atom. The molecule has 0 aliphatic carbocycles. The number of carbonyl (C=O) groups is 1. The maximum Gasteiger partial charge on any atom is 0.259 e. The predicted molar refractivity (Wildman–Crippen MR) is 100 cm³/mol. The third kappa shape index (κ3) is 3.06. The number of likely N-dealkylation sites (tertiary alicyclic amines) is 1. The Morgan fingerprint density at radius 2 is 2.23 bits per heavy atom. The summed E-state index contributed by atoms with van der Waals surface area (Å²) in [5.74, 6) is -0.0675. The number of amides is 1.